The number of fused-ring (bicyclic) bond motifs is 1. The molecule has 3 heteroatoms. The molecule has 1 aliphatic heterocycles. The molecule has 1 spiro atoms. The van der Waals surface area contributed by atoms with E-state index in [4.69, 9.17) is 4.74 Å². The molecule has 0 aromatic heterocycles. The van der Waals surface area contributed by atoms with Gasteiger partial charge in [-0.3, -0.25) is 0 Å². The predicted molar refractivity (Wildman–Crippen MR) is 83.0 cm³/mol. The van der Waals surface area contributed by atoms with Crippen molar-refractivity contribution < 1.29 is 9.13 Å². The lowest BCUT2D eigenvalue weighted by Crippen LogP contribution is -2.46. The lowest BCUT2D eigenvalue weighted by molar-refractivity contribution is -0.0150. The van der Waals surface area contributed by atoms with Crippen LogP contribution in [0.25, 0.3) is 0 Å². The lowest BCUT2D eigenvalue weighted by Gasteiger charge is -2.46. The van der Waals surface area contributed by atoms with Crippen LogP contribution in [-0.2, 0) is 0 Å². The van der Waals surface area contributed by atoms with Crippen molar-refractivity contribution >= 4 is 0 Å². The van der Waals surface area contributed by atoms with E-state index in [1.807, 2.05) is 6.07 Å². The molecule has 0 amide bonds. The SMILES string of the molecule is CCNC1CC2(CCC(CC)CC2)Oc2ccc(F)cc21. The summed E-state index contributed by atoms with van der Waals surface area (Å²) in [6, 6.07) is 5.17. The maximum atomic E-state index is 13.6. The summed E-state index contributed by atoms with van der Waals surface area (Å²) >= 11 is 0. The van der Waals surface area contributed by atoms with Crippen LogP contribution in [0.1, 0.15) is 64.0 Å². The van der Waals surface area contributed by atoms with Crippen molar-refractivity contribution in [2.75, 3.05) is 6.54 Å². The molecule has 1 heterocycles. The second-order valence-corrected chi connectivity index (χ2v) is 6.63. The Kier molecular flexibility index (Phi) is 4.21. The lowest BCUT2D eigenvalue weighted by atomic mass is 9.73. The molecule has 1 aromatic carbocycles. The van der Waals surface area contributed by atoms with Crippen LogP contribution in [0, 0.1) is 11.7 Å². The largest absolute Gasteiger partial charge is 0.487 e. The molecule has 3 rings (SSSR count). The minimum absolute atomic E-state index is 0.0384. The van der Waals surface area contributed by atoms with Gasteiger partial charge in [0.1, 0.15) is 17.2 Å². The molecule has 2 nitrogen and oxygen atoms in total. The molecule has 2 aliphatic rings. The van der Waals surface area contributed by atoms with Gasteiger partial charge in [0.15, 0.2) is 0 Å². The molecule has 1 saturated carbocycles. The van der Waals surface area contributed by atoms with E-state index >= 15 is 0 Å². The highest BCUT2D eigenvalue weighted by Gasteiger charge is 2.43. The molecule has 0 bridgehead atoms. The summed E-state index contributed by atoms with van der Waals surface area (Å²) in [5.41, 5.74) is 0.948. The normalized spacial score (nSPS) is 31.8. The van der Waals surface area contributed by atoms with Gasteiger partial charge < -0.3 is 10.1 Å². The van der Waals surface area contributed by atoms with Gasteiger partial charge in [0.25, 0.3) is 0 Å². The summed E-state index contributed by atoms with van der Waals surface area (Å²) in [7, 11) is 0. The van der Waals surface area contributed by atoms with Crippen molar-refractivity contribution in [1.82, 2.24) is 5.32 Å². The fourth-order valence-electron chi connectivity index (χ4n) is 3.99. The second-order valence-electron chi connectivity index (χ2n) is 6.63. The maximum absolute atomic E-state index is 13.6. The van der Waals surface area contributed by atoms with E-state index in [2.05, 4.69) is 19.2 Å². The Labute approximate surface area is 127 Å². The molecule has 1 aromatic rings. The van der Waals surface area contributed by atoms with Crippen LogP contribution in [-0.4, -0.2) is 12.1 Å². The summed E-state index contributed by atoms with van der Waals surface area (Å²) in [6.07, 6.45) is 7.01. The van der Waals surface area contributed by atoms with Gasteiger partial charge in [-0.1, -0.05) is 20.3 Å². The Hall–Kier alpha value is -1.09. The molecular weight excluding hydrogens is 265 g/mol. The van der Waals surface area contributed by atoms with E-state index in [9.17, 15) is 4.39 Å². The van der Waals surface area contributed by atoms with Gasteiger partial charge in [-0.25, -0.2) is 4.39 Å². The number of hydrogen-bond donors (Lipinski definition) is 1. The summed E-state index contributed by atoms with van der Waals surface area (Å²) < 4.78 is 19.9. The number of hydrogen-bond acceptors (Lipinski definition) is 2. The second kappa shape index (κ2) is 5.96. The van der Waals surface area contributed by atoms with Crippen LogP contribution >= 0.6 is 0 Å². The first-order valence-electron chi connectivity index (χ1n) is 8.37. The van der Waals surface area contributed by atoms with Crippen LogP contribution in [0.5, 0.6) is 5.75 Å². The molecule has 1 unspecified atom stereocenters. The minimum Gasteiger partial charge on any atom is -0.487 e. The molecular formula is C18H26FNO. The Morgan fingerprint density at radius 2 is 2.05 bits per heavy atom. The van der Waals surface area contributed by atoms with E-state index in [-0.39, 0.29) is 17.5 Å². The highest BCUT2D eigenvalue weighted by Crippen LogP contribution is 2.47. The van der Waals surface area contributed by atoms with Gasteiger partial charge in [-0.2, -0.15) is 0 Å². The molecule has 0 saturated heterocycles. The Balaban J connectivity index is 1.85. The summed E-state index contributed by atoms with van der Waals surface area (Å²) in [4.78, 5) is 0. The van der Waals surface area contributed by atoms with Crippen LogP contribution in [0.15, 0.2) is 18.2 Å². The molecule has 21 heavy (non-hydrogen) atoms. The third-order valence-electron chi connectivity index (χ3n) is 5.29. The Morgan fingerprint density at radius 3 is 2.71 bits per heavy atom. The van der Waals surface area contributed by atoms with E-state index in [1.54, 1.807) is 6.07 Å². The number of ether oxygens (including phenoxy) is 1. The van der Waals surface area contributed by atoms with Crippen LogP contribution in [0.4, 0.5) is 4.39 Å². The third-order valence-corrected chi connectivity index (χ3v) is 5.29. The highest BCUT2D eigenvalue weighted by atomic mass is 19.1. The van der Waals surface area contributed by atoms with Crippen molar-refractivity contribution in [2.24, 2.45) is 5.92 Å². The van der Waals surface area contributed by atoms with E-state index in [0.29, 0.717) is 0 Å². The zero-order valence-electron chi connectivity index (χ0n) is 13.1. The van der Waals surface area contributed by atoms with Gasteiger partial charge in [0, 0.05) is 18.0 Å². The fraction of sp³-hybridized carbons (Fsp3) is 0.667. The number of benzene rings is 1. The van der Waals surface area contributed by atoms with Crippen molar-refractivity contribution in [3.63, 3.8) is 0 Å². The number of halogens is 1. The first-order valence-corrected chi connectivity index (χ1v) is 8.37. The zero-order chi connectivity index (χ0) is 14.9. The molecule has 1 atom stereocenters. The van der Waals surface area contributed by atoms with Gasteiger partial charge in [-0.15, -0.1) is 0 Å². The van der Waals surface area contributed by atoms with Gasteiger partial charge >= 0.3 is 0 Å². The van der Waals surface area contributed by atoms with Crippen molar-refractivity contribution in [2.45, 2.75) is 64.0 Å². The molecule has 0 radical (unpaired) electrons. The Morgan fingerprint density at radius 1 is 1.29 bits per heavy atom. The van der Waals surface area contributed by atoms with Gasteiger partial charge in [0.2, 0.25) is 0 Å². The van der Waals surface area contributed by atoms with Crippen LogP contribution in [0.2, 0.25) is 0 Å². The van der Waals surface area contributed by atoms with Crippen molar-refractivity contribution in [1.29, 1.82) is 0 Å². The summed E-state index contributed by atoms with van der Waals surface area (Å²) in [6.45, 7) is 5.29. The first kappa shape index (κ1) is 14.8. The third kappa shape index (κ3) is 2.94. The van der Waals surface area contributed by atoms with Crippen LogP contribution in [0.3, 0.4) is 0 Å². The van der Waals surface area contributed by atoms with E-state index in [0.717, 1.165) is 43.0 Å². The number of rotatable bonds is 3. The molecule has 116 valence electrons. The molecule has 1 fully saturated rings. The van der Waals surface area contributed by atoms with Crippen molar-refractivity contribution in [3.05, 3.63) is 29.6 Å². The Bertz CT molecular complexity index is 494. The minimum atomic E-state index is -0.175. The molecule has 1 aliphatic carbocycles. The average molecular weight is 291 g/mol. The maximum Gasteiger partial charge on any atom is 0.125 e. The smallest absolute Gasteiger partial charge is 0.125 e. The number of nitrogens with one attached hydrogen (secondary N) is 1. The van der Waals surface area contributed by atoms with Crippen molar-refractivity contribution in [3.8, 4) is 5.75 Å². The molecule has 1 N–H and O–H groups in total. The summed E-state index contributed by atoms with van der Waals surface area (Å²) in [5.74, 6) is 1.56. The standard InChI is InChI=1S/C18H26FNO/c1-3-13-7-9-18(10-8-13)12-16(20-4-2)15-11-14(19)5-6-17(15)21-18/h5-6,11,13,16,20H,3-4,7-10,12H2,1-2H3. The van der Waals surface area contributed by atoms with Gasteiger partial charge in [0.05, 0.1) is 0 Å². The van der Waals surface area contributed by atoms with E-state index < -0.39 is 0 Å². The van der Waals surface area contributed by atoms with Crippen LogP contribution < -0.4 is 10.1 Å². The van der Waals surface area contributed by atoms with Gasteiger partial charge in [-0.05, 0) is 56.3 Å². The predicted octanol–water partition coefficient (Wildman–Crippen LogP) is 4.60. The average Bonchev–Trinajstić information content (AvgIpc) is 2.49. The van der Waals surface area contributed by atoms with E-state index in [1.165, 1.54) is 25.3 Å². The first-order chi connectivity index (χ1) is 10.2. The summed E-state index contributed by atoms with van der Waals surface area (Å²) in [5, 5.41) is 3.52. The monoisotopic (exact) mass is 291 g/mol. The fourth-order valence-corrected chi connectivity index (χ4v) is 3.99. The highest BCUT2D eigenvalue weighted by molar-refractivity contribution is 5.39. The topological polar surface area (TPSA) is 21.3 Å². The quantitative estimate of drug-likeness (QED) is 0.879. The zero-order valence-corrected chi connectivity index (χ0v) is 13.1.